The zero-order chi connectivity index (χ0) is 25.2. The van der Waals surface area contributed by atoms with E-state index in [0.717, 1.165) is 10.9 Å². The Bertz CT molecular complexity index is 1670. The van der Waals surface area contributed by atoms with Crippen molar-refractivity contribution in [1.82, 2.24) is 19.9 Å². The van der Waals surface area contributed by atoms with Crippen molar-refractivity contribution in [2.45, 2.75) is 6.54 Å². The molecule has 0 fully saturated rings. The molecule has 0 saturated heterocycles. The van der Waals surface area contributed by atoms with Crippen LogP contribution < -0.4 is 16.2 Å². The molecule has 0 bridgehead atoms. The Balaban J connectivity index is 1.44. The summed E-state index contributed by atoms with van der Waals surface area (Å²) >= 11 is 12.6. The van der Waals surface area contributed by atoms with Crippen LogP contribution in [0.4, 0.5) is 11.6 Å². The van der Waals surface area contributed by atoms with Crippen molar-refractivity contribution in [2.24, 2.45) is 7.05 Å². The van der Waals surface area contributed by atoms with Gasteiger partial charge in [-0.15, -0.1) is 0 Å². The molecule has 0 aliphatic rings. The number of para-hydroxylation sites is 1. The number of anilines is 2. The summed E-state index contributed by atoms with van der Waals surface area (Å²) in [5.74, 6) is 0.238. The number of nitrogens with zero attached hydrogens (tertiary/aromatic N) is 2. The topological polar surface area (TPSA) is 91.8 Å². The molecule has 0 saturated carbocycles. The lowest BCUT2D eigenvalue weighted by Crippen LogP contribution is -2.20. The van der Waals surface area contributed by atoms with Crippen molar-refractivity contribution >= 4 is 68.6 Å². The highest BCUT2D eigenvalue weighted by Crippen LogP contribution is 2.34. The van der Waals surface area contributed by atoms with Gasteiger partial charge in [0.15, 0.2) is 0 Å². The Hall–Kier alpha value is -4.07. The van der Waals surface area contributed by atoms with Gasteiger partial charge in [0, 0.05) is 25.4 Å². The van der Waals surface area contributed by atoms with Crippen LogP contribution in [0.2, 0.25) is 10.0 Å². The number of fused-ring (bicyclic) bond motifs is 3. The molecule has 9 heteroatoms. The van der Waals surface area contributed by atoms with Crippen molar-refractivity contribution in [3.63, 3.8) is 0 Å². The first-order valence-electron chi connectivity index (χ1n) is 11.1. The summed E-state index contributed by atoms with van der Waals surface area (Å²) in [6.07, 6.45) is 2.99. The minimum absolute atomic E-state index is 0.254. The van der Waals surface area contributed by atoms with E-state index in [2.05, 4.69) is 20.6 Å². The number of nitrogens with one attached hydrogen (secondary N) is 3. The molecule has 2 heterocycles. The van der Waals surface area contributed by atoms with E-state index >= 15 is 0 Å². The van der Waals surface area contributed by atoms with Crippen LogP contribution in [0.25, 0.3) is 27.9 Å². The van der Waals surface area contributed by atoms with Gasteiger partial charge in [-0.25, -0.2) is 4.98 Å². The summed E-state index contributed by atoms with van der Waals surface area (Å²) in [5, 5.41) is 8.13. The average Bonchev–Trinajstić information content (AvgIpc) is 3.19. The lowest BCUT2D eigenvalue weighted by Gasteiger charge is -2.10. The van der Waals surface area contributed by atoms with E-state index in [1.807, 2.05) is 55.6 Å². The van der Waals surface area contributed by atoms with E-state index < -0.39 is 0 Å². The third kappa shape index (κ3) is 4.71. The first-order chi connectivity index (χ1) is 17.4. The van der Waals surface area contributed by atoms with Crippen LogP contribution in [-0.2, 0) is 18.4 Å². The number of benzene rings is 3. The molecule has 180 valence electrons. The van der Waals surface area contributed by atoms with Crippen LogP contribution in [0.1, 0.15) is 11.3 Å². The lowest BCUT2D eigenvalue weighted by atomic mass is 10.1. The van der Waals surface area contributed by atoms with E-state index in [-0.39, 0.29) is 11.5 Å². The summed E-state index contributed by atoms with van der Waals surface area (Å²) in [7, 11) is 1.81. The maximum atomic E-state index is 13.1. The van der Waals surface area contributed by atoms with Gasteiger partial charge in [0.05, 0.1) is 32.2 Å². The molecule has 0 aliphatic carbocycles. The van der Waals surface area contributed by atoms with Crippen molar-refractivity contribution in [3.8, 4) is 0 Å². The maximum Gasteiger partial charge on any atom is 0.258 e. The number of imidazole rings is 1. The monoisotopic (exact) mass is 517 g/mol. The van der Waals surface area contributed by atoms with Crippen molar-refractivity contribution < 1.29 is 4.79 Å². The van der Waals surface area contributed by atoms with Crippen LogP contribution >= 0.6 is 23.2 Å². The number of hydrogen-bond acceptors (Lipinski definition) is 4. The lowest BCUT2D eigenvalue weighted by molar-refractivity contribution is -0.116. The third-order valence-corrected chi connectivity index (χ3v) is 6.42. The number of H-pyrrole nitrogens is 1. The number of carbonyl (C=O) groups is 1. The number of aromatic amines is 1. The molecule has 36 heavy (non-hydrogen) atoms. The first-order valence-corrected chi connectivity index (χ1v) is 11.9. The predicted octanol–water partition coefficient (Wildman–Crippen LogP) is 5.79. The smallest absolute Gasteiger partial charge is 0.258 e. The summed E-state index contributed by atoms with van der Waals surface area (Å²) in [6.45, 7) is 0.423. The number of hydrogen-bond donors (Lipinski definition) is 3. The predicted molar refractivity (Wildman–Crippen MR) is 146 cm³/mol. The highest BCUT2D eigenvalue weighted by atomic mass is 35.5. The SMILES string of the molecule is Cn1c(Nc2c(Cl)cccc2Cl)nc2ccc3cc(/C=C/C(=O)NCc4ccccc4)[nH]c(=O)c3c21. The second kappa shape index (κ2) is 9.89. The third-order valence-electron chi connectivity index (χ3n) is 5.79. The molecule has 0 spiro atoms. The highest BCUT2D eigenvalue weighted by Gasteiger charge is 2.16. The number of amides is 1. The molecule has 0 radical (unpaired) electrons. The minimum Gasteiger partial charge on any atom is -0.348 e. The molecule has 5 aromatic rings. The largest absolute Gasteiger partial charge is 0.348 e. The standard InChI is InChI=1S/C27H21Cl2N5O2/c1-34-25-21(32-27(34)33-24-19(28)8-5-9-20(24)29)12-10-17-14-18(31-26(36)23(17)25)11-13-22(35)30-15-16-6-3-2-4-7-16/h2-14H,15H2,1H3,(H,30,35)(H,31,36)(H,32,33)/b13-11+. The van der Waals surface area contributed by atoms with Crippen LogP contribution in [0, 0.1) is 0 Å². The summed E-state index contributed by atoms with van der Waals surface area (Å²) < 4.78 is 1.79. The minimum atomic E-state index is -0.284. The number of pyridine rings is 1. The Morgan fingerprint density at radius 3 is 2.56 bits per heavy atom. The van der Waals surface area contributed by atoms with Gasteiger partial charge in [-0.05, 0) is 41.3 Å². The van der Waals surface area contributed by atoms with Gasteiger partial charge in [0.25, 0.3) is 5.56 Å². The first kappa shape index (κ1) is 23.7. The number of carbonyl (C=O) groups excluding carboxylic acids is 1. The number of rotatable bonds is 6. The van der Waals surface area contributed by atoms with Crippen LogP contribution in [0.3, 0.4) is 0 Å². The van der Waals surface area contributed by atoms with Gasteiger partial charge in [0.2, 0.25) is 11.9 Å². The molecular formula is C27H21Cl2N5O2. The number of halogens is 2. The van der Waals surface area contributed by atoms with Gasteiger partial charge < -0.3 is 20.2 Å². The van der Waals surface area contributed by atoms with Crippen molar-refractivity contribution in [3.05, 3.63) is 104 Å². The molecule has 0 atom stereocenters. The van der Waals surface area contributed by atoms with Crippen molar-refractivity contribution in [2.75, 3.05) is 5.32 Å². The Labute approximate surface area is 216 Å². The molecular weight excluding hydrogens is 497 g/mol. The molecule has 3 aromatic carbocycles. The Kier molecular flexibility index (Phi) is 6.50. The van der Waals surface area contributed by atoms with Crippen LogP contribution in [0.5, 0.6) is 0 Å². The van der Waals surface area contributed by atoms with Gasteiger partial charge in [0.1, 0.15) is 0 Å². The van der Waals surface area contributed by atoms with Gasteiger partial charge in [-0.1, -0.05) is 65.7 Å². The fourth-order valence-electron chi connectivity index (χ4n) is 4.02. The highest BCUT2D eigenvalue weighted by molar-refractivity contribution is 6.39. The van der Waals surface area contributed by atoms with Gasteiger partial charge in [-0.3, -0.25) is 9.59 Å². The summed E-state index contributed by atoms with van der Waals surface area (Å²) in [4.78, 5) is 32.8. The normalized spacial score (nSPS) is 11.4. The zero-order valence-electron chi connectivity index (χ0n) is 19.2. The fraction of sp³-hybridized carbons (Fsp3) is 0.0741. The zero-order valence-corrected chi connectivity index (χ0v) is 20.7. The second-order valence-electron chi connectivity index (χ2n) is 8.20. The van der Waals surface area contributed by atoms with Gasteiger partial charge >= 0.3 is 0 Å². The Morgan fingerprint density at radius 2 is 1.81 bits per heavy atom. The molecule has 2 aromatic heterocycles. The number of aromatic nitrogens is 3. The quantitative estimate of drug-likeness (QED) is 0.248. The molecule has 3 N–H and O–H groups in total. The maximum absolute atomic E-state index is 13.1. The van der Waals surface area contributed by atoms with E-state index in [4.69, 9.17) is 23.2 Å². The fourth-order valence-corrected chi connectivity index (χ4v) is 4.51. The molecule has 0 unspecified atom stereocenters. The molecule has 5 rings (SSSR count). The second-order valence-corrected chi connectivity index (χ2v) is 9.02. The summed E-state index contributed by atoms with van der Waals surface area (Å²) in [6, 6.07) is 20.4. The summed E-state index contributed by atoms with van der Waals surface area (Å²) in [5.41, 5.74) is 3.08. The van der Waals surface area contributed by atoms with E-state index in [0.29, 0.717) is 50.3 Å². The number of aryl methyl sites for hydroxylation is 1. The van der Waals surface area contributed by atoms with E-state index in [9.17, 15) is 9.59 Å². The average molecular weight is 518 g/mol. The Morgan fingerprint density at radius 1 is 1.06 bits per heavy atom. The molecule has 0 aliphatic heterocycles. The van der Waals surface area contributed by atoms with Crippen LogP contribution in [0.15, 0.2) is 77.6 Å². The molecule has 1 amide bonds. The van der Waals surface area contributed by atoms with Crippen LogP contribution in [-0.4, -0.2) is 20.4 Å². The van der Waals surface area contributed by atoms with E-state index in [1.165, 1.54) is 6.08 Å². The van der Waals surface area contributed by atoms with Gasteiger partial charge in [-0.2, -0.15) is 0 Å². The van der Waals surface area contributed by atoms with E-state index in [1.54, 1.807) is 28.8 Å². The molecule has 7 nitrogen and oxygen atoms in total. The van der Waals surface area contributed by atoms with Crippen molar-refractivity contribution in [1.29, 1.82) is 0 Å².